The quantitative estimate of drug-likeness (QED) is 0.725. The summed E-state index contributed by atoms with van der Waals surface area (Å²) in [5.74, 6) is 1.14. The molecule has 4 rings (SSSR count). The van der Waals surface area contributed by atoms with Crippen molar-refractivity contribution in [2.75, 3.05) is 0 Å². The molecule has 0 saturated heterocycles. The SMILES string of the molecule is C[C@H](C1CC1)N(Cc1ccccc1)C(=O)c1cn2cccnc2n1. The van der Waals surface area contributed by atoms with E-state index < -0.39 is 0 Å². The van der Waals surface area contributed by atoms with Crippen LogP contribution < -0.4 is 0 Å². The van der Waals surface area contributed by atoms with E-state index in [0.29, 0.717) is 23.9 Å². The van der Waals surface area contributed by atoms with Gasteiger partial charge in [-0.1, -0.05) is 30.3 Å². The van der Waals surface area contributed by atoms with Crippen LogP contribution in [0.25, 0.3) is 5.78 Å². The summed E-state index contributed by atoms with van der Waals surface area (Å²) in [5, 5.41) is 0. The molecule has 5 heteroatoms. The van der Waals surface area contributed by atoms with E-state index in [-0.39, 0.29) is 11.9 Å². The van der Waals surface area contributed by atoms with Crippen LogP contribution in [0.15, 0.2) is 55.0 Å². The first-order valence-electron chi connectivity index (χ1n) is 8.37. The zero-order valence-corrected chi connectivity index (χ0v) is 13.7. The van der Waals surface area contributed by atoms with Gasteiger partial charge in [-0.2, -0.15) is 0 Å². The number of hydrogen-bond donors (Lipinski definition) is 0. The third-order valence-corrected chi connectivity index (χ3v) is 4.71. The van der Waals surface area contributed by atoms with Crippen molar-refractivity contribution in [1.82, 2.24) is 19.3 Å². The molecular weight excluding hydrogens is 300 g/mol. The van der Waals surface area contributed by atoms with Crippen LogP contribution in [0.2, 0.25) is 0 Å². The van der Waals surface area contributed by atoms with Crippen molar-refractivity contribution >= 4 is 11.7 Å². The van der Waals surface area contributed by atoms with E-state index in [9.17, 15) is 4.79 Å². The predicted molar refractivity (Wildman–Crippen MR) is 91.5 cm³/mol. The molecule has 0 spiro atoms. The van der Waals surface area contributed by atoms with Crippen LogP contribution in [0.4, 0.5) is 0 Å². The number of aromatic nitrogens is 3. The van der Waals surface area contributed by atoms with E-state index in [0.717, 1.165) is 5.56 Å². The molecule has 1 atom stereocenters. The highest BCUT2D eigenvalue weighted by atomic mass is 16.2. The number of benzene rings is 1. The summed E-state index contributed by atoms with van der Waals surface area (Å²) in [5.41, 5.74) is 1.59. The number of nitrogens with zero attached hydrogens (tertiary/aromatic N) is 4. The molecule has 2 heterocycles. The molecule has 1 amide bonds. The van der Waals surface area contributed by atoms with Gasteiger partial charge in [0.2, 0.25) is 5.78 Å². The number of rotatable bonds is 5. The molecule has 0 radical (unpaired) electrons. The molecule has 24 heavy (non-hydrogen) atoms. The summed E-state index contributed by atoms with van der Waals surface area (Å²) in [6, 6.07) is 12.2. The normalized spacial score (nSPS) is 15.4. The first kappa shape index (κ1) is 14.9. The Hall–Kier alpha value is -2.69. The van der Waals surface area contributed by atoms with Gasteiger partial charge in [-0.3, -0.25) is 9.20 Å². The Morgan fingerprint density at radius 2 is 2.08 bits per heavy atom. The fourth-order valence-electron chi connectivity index (χ4n) is 3.09. The van der Waals surface area contributed by atoms with Gasteiger partial charge in [0.05, 0.1) is 0 Å². The summed E-state index contributed by atoms with van der Waals surface area (Å²) in [4.78, 5) is 23.7. The Morgan fingerprint density at radius 3 is 2.79 bits per heavy atom. The van der Waals surface area contributed by atoms with E-state index in [4.69, 9.17) is 0 Å². The zero-order valence-electron chi connectivity index (χ0n) is 13.7. The third-order valence-electron chi connectivity index (χ3n) is 4.71. The maximum atomic E-state index is 13.1. The number of carbonyl (C=O) groups is 1. The lowest BCUT2D eigenvalue weighted by Crippen LogP contribution is -2.39. The average Bonchev–Trinajstić information content (AvgIpc) is 3.38. The maximum Gasteiger partial charge on any atom is 0.274 e. The molecule has 0 N–H and O–H groups in total. The van der Waals surface area contributed by atoms with E-state index in [1.165, 1.54) is 12.8 Å². The van der Waals surface area contributed by atoms with Crippen LogP contribution in [0.5, 0.6) is 0 Å². The summed E-state index contributed by atoms with van der Waals surface area (Å²) < 4.78 is 1.79. The summed E-state index contributed by atoms with van der Waals surface area (Å²) >= 11 is 0. The largest absolute Gasteiger partial charge is 0.330 e. The van der Waals surface area contributed by atoms with Crippen molar-refractivity contribution < 1.29 is 4.79 Å². The minimum atomic E-state index is -0.0243. The Labute approximate surface area is 141 Å². The van der Waals surface area contributed by atoms with Crippen LogP contribution in [-0.2, 0) is 6.54 Å². The van der Waals surface area contributed by atoms with Gasteiger partial charge in [0, 0.05) is 31.2 Å². The van der Waals surface area contributed by atoms with Crippen molar-refractivity contribution in [2.45, 2.75) is 32.4 Å². The van der Waals surface area contributed by atoms with Crippen molar-refractivity contribution in [3.8, 4) is 0 Å². The smallest absolute Gasteiger partial charge is 0.274 e. The third kappa shape index (κ3) is 2.89. The molecule has 1 aromatic carbocycles. The fraction of sp³-hybridized carbons (Fsp3) is 0.316. The van der Waals surface area contributed by atoms with E-state index in [1.807, 2.05) is 35.4 Å². The summed E-state index contributed by atoms with van der Waals surface area (Å²) in [6.07, 6.45) is 7.71. The zero-order chi connectivity index (χ0) is 16.5. The highest BCUT2D eigenvalue weighted by Crippen LogP contribution is 2.36. The van der Waals surface area contributed by atoms with Crippen LogP contribution in [0.1, 0.15) is 35.8 Å². The predicted octanol–water partition coefficient (Wildman–Crippen LogP) is 3.17. The number of amides is 1. The topological polar surface area (TPSA) is 50.5 Å². The molecular formula is C19H20N4O. The summed E-state index contributed by atoms with van der Waals surface area (Å²) in [7, 11) is 0. The molecule has 2 aromatic heterocycles. The van der Waals surface area contributed by atoms with Gasteiger partial charge >= 0.3 is 0 Å². The monoisotopic (exact) mass is 320 g/mol. The standard InChI is InChI=1S/C19H20N4O/c1-14(16-8-9-16)23(12-15-6-3-2-4-7-15)18(24)17-13-22-11-5-10-20-19(22)21-17/h2-7,10-11,13-14,16H,8-9,12H2,1H3/t14-/m1/s1. The number of fused-ring (bicyclic) bond motifs is 1. The molecule has 1 fully saturated rings. The Morgan fingerprint density at radius 1 is 1.29 bits per heavy atom. The highest BCUT2D eigenvalue weighted by Gasteiger charge is 2.35. The lowest BCUT2D eigenvalue weighted by Gasteiger charge is -2.29. The molecule has 1 aliphatic rings. The van der Waals surface area contributed by atoms with E-state index in [2.05, 4.69) is 29.0 Å². The number of carbonyl (C=O) groups excluding carboxylic acids is 1. The molecule has 3 aromatic rings. The maximum absolute atomic E-state index is 13.1. The van der Waals surface area contributed by atoms with Crippen LogP contribution in [0, 0.1) is 5.92 Å². The Balaban J connectivity index is 1.65. The second-order valence-electron chi connectivity index (χ2n) is 6.45. The van der Waals surface area contributed by atoms with Gasteiger partial charge in [0.25, 0.3) is 5.91 Å². The minimum absolute atomic E-state index is 0.0243. The number of hydrogen-bond acceptors (Lipinski definition) is 3. The van der Waals surface area contributed by atoms with Gasteiger partial charge in [0.15, 0.2) is 0 Å². The van der Waals surface area contributed by atoms with E-state index >= 15 is 0 Å². The molecule has 1 saturated carbocycles. The van der Waals surface area contributed by atoms with Gasteiger partial charge in [-0.25, -0.2) is 9.97 Å². The van der Waals surface area contributed by atoms with Gasteiger partial charge in [0.1, 0.15) is 5.69 Å². The van der Waals surface area contributed by atoms with Crippen LogP contribution in [0.3, 0.4) is 0 Å². The molecule has 0 unspecified atom stereocenters. The van der Waals surface area contributed by atoms with Crippen molar-refractivity contribution in [2.24, 2.45) is 5.92 Å². The second-order valence-corrected chi connectivity index (χ2v) is 6.45. The van der Waals surface area contributed by atoms with Gasteiger partial charge in [-0.15, -0.1) is 0 Å². The number of imidazole rings is 1. The molecule has 122 valence electrons. The first-order valence-corrected chi connectivity index (χ1v) is 8.37. The fourth-order valence-corrected chi connectivity index (χ4v) is 3.09. The van der Waals surface area contributed by atoms with Crippen molar-refractivity contribution in [1.29, 1.82) is 0 Å². The van der Waals surface area contributed by atoms with Gasteiger partial charge in [-0.05, 0) is 37.3 Å². The molecule has 0 aliphatic heterocycles. The van der Waals surface area contributed by atoms with Crippen LogP contribution in [-0.4, -0.2) is 31.2 Å². The molecule has 0 bridgehead atoms. The Kier molecular flexibility index (Phi) is 3.76. The molecule has 1 aliphatic carbocycles. The lowest BCUT2D eigenvalue weighted by atomic mass is 10.1. The van der Waals surface area contributed by atoms with E-state index in [1.54, 1.807) is 16.8 Å². The summed E-state index contributed by atoms with van der Waals surface area (Å²) in [6.45, 7) is 2.76. The first-order chi connectivity index (χ1) is 11.7. The highest BCUT2D eigenvalue weighted by molar-refractivity contribution is 5.93. The second kappa shape index (κ2) is 6.07. The van der Waals surface area contributed by atoms with Gasteiger partial charge < -0.3 is 4.90 Å². The lowest BCUT2D eigenvalue weighted by molar-refractivity contribution is 0.0649. The Bertz CT molecular complexity index is 821. The molecule has 5 nitrogen and oxygen atoms in total. The van der Waals surface area contributed by atoms with Crippen molar-refractivity contribution in [3.63, 3.8) is 0 Å². The van der Waals surface area contributed by atoms with Crippen molar-refractivity contribution in [3.05, 3.63) is 66.2 Å². The van der Waals surface area contributed by atoms with Crippen LogP contribution >= 0.6 is 0 Å². The average molecular weight is 320 g/mol. The minimum Gasteiger partial charge on any atom is -0.330 e.